The summed E-state index contributed by atoms with van der Waals surface area (Å²) in [5, 5.41) is 12.8. The Morgan fingerprint density at radius 3 is 2.45 bits per heavy atom. The molecule has 2 rings (SSSR count). The number of ether oxygens (including phenoxy) is 1. The molecule has 1 aromatic carbocycles. The van der Waals surface area contributed by atoms with Gasteiger partial charge >= 0.3 is 17.9 Å². The van der Waals surface area contributed by atoms with Crippen molar-refractivity contribution in [3.8, 4) is 0 Å². The zero-order valence-electron chi connectivity index (χ0n) is 19.8. The van der Waals surface area contributed by atoms with Gasteiger partial charge in [-0.25, -0.2) is 9.59 Å². The molecule has 0 spiro atoms. The van der Waals surface area contributed by atoms with Gasteiger partial charge in [-0.15, -0.1) is 0 Å². The molecule has 1 aliphatic carbocycles. The van der Waals surface area contributed by atoms with Gasteiger partial charge in [0.05, 0.1) is 17.9 Å². The molecule has 1 fully saturated rings. The summed E-state index contributed by atoms with van der Waals surface area (Å²) in [7, 11) is 0. The number of rotatable bonds is 10. The van der Waals surface area contributed by atoms with E-state index in [0.717, 1.165) is 12.8 Å². The number of carbonyl (C=O) groups is 3. The van der Waals surface area contributed by atoms with E-state index in [2.05, 4.69) is 5.16 Å². The van der Waals surface area contributed by atoms with Gasteiger partial charge in [-0.3, -0.25) is 4.79 Å². The largest absolute Gasteiger partial charge is 0.478 e. The first kappa shape index (κ1) is 26.4. The Bertz CT molecular complexity index is 853. The quantitative estimate of drug-likeness (QED) is 0.171. The number of nitrogens with zero attached hydrogens (tertiary/aromatic N) is 1. The molecule has 0 aliphatic heterocycles. The highest BCUT2D eigenvalue weighted by atomic mass is 16.7. The van der Waals surface area contributed by atoms with E-state index in [1.807, 2.05) is 0 Å². The first-order valence-corrected chi connectivity index (χ1v) is 11.6. The number of hydrogen-bond donors (Lipinski definition) is 2. The van der Waals surface area contributed by atoms with Gasteiger partial charge in [0, 0.05) is 5.56 Å². The van der Waals surface area contributed by atoms with E-state index >= 15 is 0 Å². The molecule has 3 N–H and O–H groups in total. The van der Waals surface area contributed by atoms with E-state index in [-0.39, 0.29) is 17.8 Å². The number of oxime groups is 1. The molecular formula is C25H36N2O6. The maximum Gasteiger partial charge on any atom is 0.338 e. The summed E-state index contributed by atoms with van der Waals surface area (Å²) in [6.07, 6.45) is 8.48. The summed E-state index contributed by atoms with van der Waals surface area (Å²) in [5.41, 5.74) is 5.60. The van der Waals surface area contributed by atoms with Crippen molar-refractivity contribution in [2.24, 2.45) is 22.7 Å². The van der Waals surface area contributed by atoms with Gasteiger partial charge in [0.1, 0.15) is 5.60 Å². The minimum atomic E-state index is -1.10. The van der Waals surface area contributed by atoms with Crippen LogP contribution in [0.1, 0.15) is 94.5 Å². The van der Waals surface area contributed by atoms with Crippen LogP contribution in [0.3, 0.4) is 0 Å². The molecule has 8 heteroatoms. The summed E-state index contributed by atoms with van der Waals surface area (Å²) in [5.74, 6) is -2.35. The van der Waals surface area contributed by atoms with Crippen LogP contribution >= 0.6 is 0 Å². The maximum atomic E-state index is 12.8. The smallest absolute Gasteiger partial charge is 0.338 e. The predicted molar refractivity (Wildman–Crippen MR) is 125 cm³/mol. The van der Waals surface area contributed by atoms with Crippen LogP contribution in [0.15, 0.2) is 29.4 Å². The number of benzene rings is 1. The highest BCUT2D eigenvalue weighted by Gasteiger charge is 2.27. The second-order valence-corrected chi connectivity index (χ2v) is 9.70. The zero-order valence-corrected chi connectivity index (χ0v) is 19.8. The number of amidine groups is 1. The molecule has 0 bridgehead atoms. The van der Waals surface area contributed by atoms with Crippen LogP contribution in [0.2, 0.25) is 0 Å². The van der Waals surface area contributed by atoms with E-state index < -0.39 is 29.4 Å². The van der Waals surface area contributed by atoms with Gasteiger partial charge in [0.15, 0.2) is 5.84 Å². The maximum absolute atomic E-state index is 12.8. The molecule has 0 unspecified atom stereocenters. The number of nitrogens with two attached hydrogens (primary N) is 1. The van der Waals surface area contributed by atoms with Gasteiger partial charge in [-0.05, 0) is 45.2 Å². The van der Waals surface area contributed by atoms with Crippen LogP contribution in [0.4, 0.5) is 0 Å². The van der Waals surface area contributed by atoms with Crippen LogP contribution in [-0.4, -0.2) is 34.5 Å². The van der Waals surface area contributed by atoms with Gasteiger partial charge in [-0.1, -0.05) is 62.2 Å². The number of esters is 1. The topological polar surface area (TPSA) is 128 Å². The van der Waals surface area contributed by atoms with Crippen LogP contribution in [-0.2, 0) is 19.2 Å². The first-order chi connectivity index (χ1) is 15.5. The molecular weight excluding hydrogens is 424 g/mol. The minimum absolute atomic E-state index is 0.0440. The van der Waals surface area contributed by atoms with Crippen LogP contribution in [0, 0.1) is 11.8 Å². The Labute approximate surface area is 195 Å². The molecule has 1 aromatic rings. The predicted octanol–water partition coefficient (Wildman–Crippen LogP) is 4.65. The summed E-state index contributed by atoms with van der Waals surface area (Å²) >= 11 is 0. The lowest BCUT2D eigenvalue weighted by Gasteiger charge is -2.23. The molecule has 33 heavy (non-hydrogen) atoms. The lowest BCUT2D eigenvalue weighted by Crippen LogP contribution is -2.28. The number of carboxylic acids is 1. The van der Waals surface area contributed by atoms with Crippen molar-refractivity contribution in [1.82, 2.24) is 0 Å². The van der Waals surface area contributed by atoms with Crippen LogP contribution in [0.5, 0.6) is 0 Å². The first-order valence-electron chi connectivity index (χ1n) is 11.6. The molecule has 0 amide bonds. The Morgan fingerprint density at radius 2 is 1.82 bits per heavy atom. The Morgan fingerprint density at radius 1 is 1.15 bits per heavy atom. The van der Waals surface area contributed by atoms with Crippen molar-refractivity contribution in [2.45, 2.75) is 84.2 Å². The van der Waals surface area contributed by atoms with E-state index in [4.69, 9.17) is 20.4 Å². The average molecular weight is 461 g/mol. The average Bonchev–Trinajstić information content (AvgIpc) is 2.76. The van der Waals surface area contributed by atoms with Crippen LogP contribution in [0.25, 0.3) is 0 Å². The van der Waals surface area contributed by atoms with Gasteiger partial charge in [0.2, 0.25) is 0 Å². The van der Waals surface area contributed by atoms with Crippen molar-refractivity contribution in [2.75, 3.05) is 0 Å². The van der Waals surface area contributed by atoms with Gasteiger partial charge in [0.25, 0.3) is 0 Å². The Kier molecular flexibility index (Phi) is 9.88. The van der Waals surface area contributed by atoms with E-state index in [1.165, 1.54) is 50.3 Å². The highest BCUT2D eigenvalue weighted by Crippen LogP contribution is 2.29. The van der Waals surface area contributed by atoms with Crippen molar-refractivity contribution < 1.29 is 29.1 Å². The second kappa shape index (κ2) is 12.4. The molecule has 0 heterocycles. The molecule has 182 valence electrons. The standard InChI is InChI=1S/C25H36N2O6/c1-25(2,3)32-21(28)16-20(14-7-11-17-9-5-4-6-10-17)24(31)33-27-22(26)18-12-8-13-19(15-18)23(29)30/h8,12-13,15,17,20H,4-7,9-11,14,16H2,1-3H3,(H2,26,27)(H,29,30)/t20-/m0/s1. The third-order valence-corrected chi connectivity index (χ3v) is 5.70. The lowest BCUT2D eigenvalue weighted by molar-refractivity contribution is -0.161. The number of aromatic carboxylic acids is 1. The fourth-order valence-electron chi connectivity index (χ4n) is 4.05. The third-order valence-electron chi connectivity index (χ3n) is 5.70. The second-order valence-electron chi connectivity index (χ2n) is 9.70. The third kappa shape index (κ3) is 9.63. The molecule has 0 aromatic heterocycles. The molecule has 1 saturated carbocycles. The van der Waals surface area contributed by atoms with E-state index in [0.29, 0.717) is 17.9 Å². The summed E-state index contributed by atoms with van der Waals surface area (Å²) in [6, 6.07) is 5.87. The molecule has 0 saturated heterocycles. The molecule has 1 atom stereocenters. The number of hydrogen-bond acceptors (Lipinski definition) is 6. The van der Waals surface area contributed by atoms with Crippen molar-refractivity contribution >= 4 is 23.7 Å². The monoisotopic (exact) mass is 460 g/mol. The normalized spacial score (nSPS) is 16.2. The van der Waals surface area contributed by atoms with Crippen molar-refractivity contribution in [1.29, 1.82) is 0 Å². The van der Waals surface area contributed by atoms with Crippen molar-refractivity contribution in [3.05, 3.63) is 35.4 Å². The number of carboxylic acid groups (broad SMARTS) is 1. The summed E-state index contributed by atoms with van der Waals surface area (Å²) < 4.78 is 5.38. The fourth-order valence-corrected chi connectivity index (χ4v) is 4.05. The Hall–Kier alpha value is -2.90. The van der Waals surface area contributed by atoms with E-state index in [1.54, 1.807) is 26.8 Å². The fraction of sp³-hybridized carbons (Fsp3) is 0.600. The van der Waals surface area contributed by atoms with Crippen LogP contribution < -0.4 is 5.73 Å². The van der Waals surface area contributed by atoms with Gasteiger partial charge < -0.3 is 20.4 Å². The minimum Gasteiger partial charge on any atom is -0.478 e. The Balaban J connectivity index is 2.02. The number of carbonyl (C=O) groups excluding carboxylic acids is 2. The molecule has 1 aliphatic rings. The summed E-state index contributed by atoms with van der Waals surface area (Å²) in [6.45, 7) is 5.33. The highest BCUT2D eigenvalue weighted by molar-refractivity contribution is 5.99. The SMILES string of the molecule is CC(C)(C)OC(=O)C[C@H](CCCC1CCCCC1)C(=O)O/N=C(\N)c1cccc(C(=O)O)c1. The molecule has 8 nitrogen and oxygen atoms in total. The summed E-state index contributed by atoms with van der Waals surface area (Å²) in [4.78, 5) is 41.3. The van der Waals surface area contributed by atoms with Crippen molar-refractivity contribution in [3.63, 3.8) is 0 Å². The lowest BCUT2D eigenvalue weighted by atomic mass is 9.84. The van der Waals surface area contributed by atoms with Gasteiger partial charge in [-0.2, -0.15) is 0 Å². The zero-order chi connectivity index (χ0) is 24.4. The van der Waals surface area contributed by atoms with E-state index in [9.17, 15) is 14.4 Å². The molecule has 0 radical (unpaired) electrons.